The summed E-state index contributed by atoms with van der Waals surface area (Å²) in [6.07, 6.45) is 3.28. The second-order valence-electron chi connectivity index (χ2n) is 6.57. The van der Waals surface area contributed by atoms with Crippen LogP contribution in [0, 0.1) is 17.2 Å². The van der Waals surface area contributed by atoms with Gasteiger partial charge in [-0.15, -0.1) is 5.10 Å². The molecule has 24 heavy (non-hydrogen) atoms. The van der Waals surface area contributed by atoms with Crippen molar-refractivity contribution in [3.63, 3.8) is 0 Å². The second-order valence-corrected chi connectivity index (χ2v) is 6.57. The zero-order valence-electron chi connectivity index (χ0n) is 15.1. The van der Waals surface area contributed by atoms with Crippen LogP contribution in [0.3, 0.4) is 0 Å². The third kappa shape index (κ3) is 3.84. The van der Waals surface area contributed by atoms with Crippen LogP contribution in [0.25, 0.3) is 0 Å². The van der Waals surface area contributed by atoms with Gasteiger partial charge in [0.25, 0.3) is 0 Å². The molecule has 0 aliphatic carbocycles. The average Bonchev–Trinajstić information content (AvgIpc) is 2.61. The SMILES string of the molecule is CCc1nnc(NC2CCN(C(=O)C(C)C)CC2)c(C#N)c1CC. The van der Waals surface area contributed by atoms with E-state index in [9.17, 15) is 10.1 Å². The monoisotopic (exact) mass is 329 g/mol. The predicted octanol–water partition coefficient (Wildman–Crippen LogP) is 2.53. The van der Waals surface area contributed by atoms with Crippen molar-refractivity contribution in [2.75, 3.05) is 18.4 Å². The predicted molar refractivity (Wildman–Crippen MR) is 93.6 cm³/mol. The minimum atomic E-state index is 0.0410. The molecular weight excluding hydrogens is 302 g/mol. The molecule has 2 rings (SSSR count). The Hall–Kier alpha value is -2.16. The molecule has 1 N–H and O–H groups in total. The molecule has 6 heteroatoms. The molecule has 0 atom stereocenters. The molecule has 6 nitrogen and oxygen atoms in total. The van der Waals surface area contributed by atoms with E-state index in [1.807, 2.05) is 32.6 Å². The number of amides is 1. The molecule has 1 aromatic heterocycles. The van der Waals surface area contributed by atoms with E-state index in [4.69, 9.17) is 0 Å². The van der Waals surface area contributed by atoms with E-state index in [0.29, 0.717) is 11.4 Å². The van der Waals surface area contributed by atoms with Crippen molar-refractivity contribution in [2.45, 2.75) is 59.4 Å². The molecule has 1 fully saturated rings. The van der Waals surface area contributed by atoms with Crippen molar-refractivity contribution >= 4 is 11.7 Å². The summed E-state index contributed by atoms with van der Waals surface area (Å²) < 4.78 is 0. The number of piperidine rings is 1. The lowest BCUT2D eigenvalue weighted by atomic mass is 10.0. The fourth-order valence-corrected chi connectivity index (χ4v) is 3.20. The Bertz CT molecular complexity index is 627. The zero-order chi connectivity index (χ0) is 17.7. The Kier molecular flexibility index (Phi) is 6.13. The van der Waals surface area contributed by atoms with Crippen LogP contribution in [0.1, 0.15) is 57.4 Å². The van der Waals surface area contributed by atoms with Gasteiger partial charge in [0.2, 0.25) is 5.91 Å². The second kappa shape index (κ2) is 8.09. The van der Waals surface area contributed by atoms with Crippen molar-refractivity contribution in [1.82, 2.24) is 15.1 Å². The van der Waals surface area contributed by atoms with Crippen molar-refractivity contribution in [2.24, 2.45) is 5.92 Å². The van der Waals surface area contributed by atoms with Crippen LogP contribution in [0.2, 0.25) is 0 Å². The van der Waals surface area contributed by atoms with Crippen LogP contribution >= 0.6 is 0 Å². The first-order chi connectivity index (χ1) is 11.5. The van der Waals surface area contributed by atoms with E-state index >= 15 is 0 Å². The molecule has 2 heterocycles. The van der Waals surface area contributed by atoms with Crippen molar-refractivity contribution in [3.05, 3.63) is 16.8 Å². The number of hydrogen-bond donors (Lipinski definition) is 1. The highest BCUT2D eigenvalue weighted by atomic mass is 16.2. The summed E-state index contributed by atoms with van der Waals surface area (Å²) >= 11 is 0. The summed E-state index contributed by atoms with van der Waals surface area (Å²) in [7, 11) is 0. The molecule has 1 aliphatic heterocycles. The Labute approximate surface area is 144 Å². The molecule has 0 radical (unpaired) electrons. The van der Waals surface area contributed by atoms with E-state index in [-0.39, 0.29) is 17.9 Å². The minimum Gasteiger partial charge on any atom is -0.365 e. The molecule has 0 saturated carbocycles. The number of anilines is 1. The quantitative estimate of drug-likeness (QED) is 0.897. The van der Waals surface area contributed by atoms with Crippen LogP contribution in [-0.2, 0) is 17.6 Å². The molecule has 0 unspecified atom stereocenters. The molecule has 1 amide bonds. The number of nitrogens with zero attached hydrogens (tertiary/aromatic N) is 4. The van der Waals surface area contributed by atoms with Gasteiger partial charge in [-0.05, 0) is 31.2 Å². The summed E-state index contributed by atoms with van der Waals surface area (Å²) in [5.41, 5.74) is 2.51. The van der Waals surface area contributed by atoms with Gasteiger partial charge in [0, 0.05) is 25.0 Å². The van der Waals surface area contributed by atoms with Crippen LogP contribution in [0.5, 0.6) is 0 Å². The van der Waals surface area contributed by atoms with E-state index < -0.39 is 0 Å². The summed E-state index contributed by atoms with van der Waals surface area (Å²) in [6, 6.07) is 2.51. The number of aromatic nitrogens is 2. The van der Waals surface area contributed by atoms with E-state index in [1.165, 1.54) is 0 Å². The number of likely N-dealkylation sites (tertiary alicyclic amines) is 1. The third-order valence-corrected chi connectivity index (χ3v) is 4.60. The largest absolute Gasteiger partial charge is 0.365 e. The smallest absolute Gasteiger partial charge is 0.225 e. The number of carbonyl (C=O) groups is 1. The van der Waals surface area contributed by atoms with Crippen LogP contribution in [0.4, 0.5) is 5.82 Å². The maximum Gasteiger partial charge on any atom is 0.225 e. The summed E-state index contributed by atoms with van der Waals surface area (Å²) in [4.78, 5) is 14.0. The van der Waals surface area contributed by atoms with Gasteiger partial charge in [-0.1, -0.05) is 27.7 Å². The van der Waals surface area contributed by atoms with Crippen LogP contribution in [0.15, 0.2) is 0 Å². The Balaban J connectivity index is 2.08. The average molecular weight is 329 g/mol. The molecule has 130 valence electrons. The highest BCUT2D eigenvalue weighted by Gasteiger charge is 2.25. The number of rotatable bonds is 5. The molecule has 1 aliphatic rings. The summed E-state index contributed by atoms with van der Waals surface area (Å²) in [5.74, 6) is 0.839. The minimum absolute atomic E-state index is 0.0410. The number of nitrogens with one attached hydrogen (secondary N) is 1. The van der Waals surface area contributed by atoms with E-state index in [1.54, 1.807) is 0 Å². The van der Waals surface area contributed by atoms with Gasteiger partial charge in [0.05, 0.1) is 5.69 Å². The fourth-order valence-electron chi connectivity index (χ4n) is 3.20. The van der Waals surface area contributed by atoms with Crippen molar-refractivity contribution in [1.29, 1.82) is 5.26 Å². The van der Waals surface area contributed by atoms with Crippen LogP contribution in [-0.4, -0.2) is 40.1 Å². The molecule has 0 spiro atoms. The molecule has 0 aromatic carbocycles. The maximum absolute atomic E-state index is 12.1. The first-order valence-corrected chi connectivity index (χ1v) is 8.85. The fraction of sp³-hybridized carbons (Fsp3) is 0.667. The first kappa shape index (κ1) is 18.2. The van der Waals surface area contributed by atoms with Gasteiger partial charge in [-0.3, -0.25) is 4.79 Å². The lowest BCUT2D eigenvalue weighted by Crippen LogP contribution is -2.44. The molecule has 0 bridgehead atoms. The Morgan fingerprint density at radius 2 is 1.96 bits per heavy atom. The van der Waals surface area contributed by atoms with Crippen molar-refractivity contribution < 1.29 is 4.79 Å². The van der Waals surface area contributed by atoms with E-state index in [0.717, 1.165) is 50.0 Å². The molecular formula is C18H27N5O. The summed E-state index contributed by atoms with van der Waals surface area (Å²) in [5, 5.41) is 21.4. The van der Waals surface area contributed by atoms with Gasteiger partial charge >= 0.3 is 0 Å². The van der Waals surface area contributed by atoms with Crippen molar-refractivity contribution in [3.8, 4) is 6.07 Å². The lowest BCUT2D eigenvalue weighted by molar-refractivity contribution is -0.135. The molecule has 1 saturated heterocycles. The molecule has 1 aromatic rings. The topological polar surface area (TPSA) is 81.9 Å². The first-order valence-electron chi connectivity index (χ1n) is 8.85. The van der Waals surface area contributed by atoms with Gasteiger partial charge < -0.3 is 10.2 Å². The van der Waals surface area contributed by atoms with Gasteiger partial charge in [0.15, 0.2) is 5.82 Å². The normalized spacial score (nSPS) is 15.4. The highest BCUT2D eigenvalue weighted by Crippen LogP contribution is 2.23. The number of carbonyl (C=O) groups excluding carboxylic acids is 1. The van der Waals surface area contributed by atoms with Gasteiger partial charge in [-0.2, -0.15) is 10.4 Å². The third-order valence-electron chi connectivity index (χ3n) is 4.60. The Morgan fingerprint density at radius 3 is 2.46 bits per heavy atom. The number of hydrogen-bond acceptors (Lipinski definition) is 5. The standard InChI is InChI=1S/C18H27N5O/c1-5-14-15(11-19)17(22-21-16(14)6-2)20-13-7-9-23(10-8-13)18(24)12(3)4/h12-13H,5-10H2,1-4H3,(H,20,22). The van der Waals surface area contributed by atoms with E-state index in [2.05, 4.69) is 21.6 Å². The van der Waals surface area contributed by atoms with Gasteiger partial charge in [0.1, 0.15) is 11.6 Å². The maximum atomic E-state index is 12.1. The number of nitriles is 1. The number of aryl methyl sites for hydroxylation is 1. The summed E-state index contributed by atoms with van der Waals surface area (Å²) in [6.45, 7) is 9.43. The zero-order valence-corrected chi connectivity index (χ0v) is 15.1. The van der Waals surface area contributed by atoms with Gasteiger partial charge in [-0.25, -0.2) is 0 Å². The van der Waals surface area contributed by atoms with Crippen LogP contribution < -0.4 is 5.32 Å². The lowest BCUT2D eigenvalue weighted by Gasteiger charge is -2.33. The highest BCUT2D eigenvalue weighted by molar-refractivity contribution is 5.78. The Morgan fingerprint density at radius 1 is 1.29 bits per heavy atom.